The highest BCUT2D eigenvalue weighted by atomic mass is 35.5. The van der Waals surface area contributed by atoms with Crippen molar-refractivity contribution in [3.63, 3.8) is 0 Å². The number of benzene rings is 3. The van der Waals surface area contributed by atoms with E-state index < -0.39 is 4.92 Å². The smallest absolute Gasteiger partial charge is 0.292 e. The number of halogens is 2. The van der Waals surface area contributed by atoms with E-state index >= 15 is 0 Å². The van der Waals surface area contributed by atoms with Gasteiger partial charge in [0.05, 0.1) is 4.92 Å². The fourth-order valence-electron chi connectivity index (χ4n) is 3.79. The summed E-state index contributed by atoms with van der Waals surface area (Å²) in [5.74, 6) is -0.0498. The number of carbonyl (C=O) groups excluding carboxylic acids is 1. The van der Waals surface area contributed by atoms with Gasteiger partial charge in [-0.3, -0.25) is 14.9 Å². The summed E-state index contributed by atoms with van der Waals surface area (Å²) in [6.45, 7) is 2.79. The topological polar surface area (TPSA) is 78.7 Å². The number of anilines is 2. The number of hydrogen-bond donors (Lipinski definition) is 1. The van der Waals surface area contributed by atoms with Crippen molar-refractivity contribution in [3.05, 3.63) is 98.0 Å². The molecule has 0 aromatic heterocycles. The molecule has 0 bridgehead atoms. The van der Waals surface area contributed by atoms with E-state index in [1.54, 1.807) is 53.4 Å². The molecule has 3 aromatic rings. The Morgan fingerprint density at radius 2 is 1.67 bits per heavy atom. The zero-order valence-electron chi connectivity index (χ0n) is 17.7. The maximum absolute atomic E-state index is 12.8. The van der Waals surface area contributed by atoms with Crippen LogP contribution in [0.5, 0.6) is 0 Å². The average Bonchev–Trinajstić information content (AvgIpc) is 2.83. The molecule has 1 fully saturated rings. The Balaban J connectivity index is 1.44. The molecule has 7 nitrogen and oxygen atoms in total. The molecule has 4 rings (SSSR count). The van der Waals surface area contributed by atoms with Crippen LogP contribution in [0.1, 0.15) is 15.9 Å². The molecular formula is C24H22Cl2N4O3. The fraction of sp³-hybridized carbons (Fsp3) is 0.208. The van der Waals surface area contributed by atoms with Crippen molar-refractivity contribution in [2.75, 3.05) is 36.4 Å². The highest BCUT2D eigenvalue weighted by molar-refractivity contribution is 6.31. The van der Waals surface area contributed by atoms with Crippen LogP contribution in [0.4, 0.5) is 17.1 Å². The lowest BCUT2D eigenvalue weighted by molar-refractivity contribution is -0.384. The molecule has 1 aliphatic heterocycles. The van der Waals surface area contributed by atoms with E-state index in [1.165, 1.54) is 6.07 Å². The van der Waals surface area contributed by atoms with Gasteiger partial charge >= 0.3 is 0 Å². The van der Waals surface area contributed by atoms with Crippen LogP contribution in [0.25, 0.3) is 0 Å². The maximum Gasteiger partial charge on any atom is 0.292 e. The van der Waals surface area contributed by atoms with E-state index in [2.05, 4.69) is 10.2 Å². The van der Waals surface area contributed by atoms with Gasteiger partial charge in [0.15, 0.2) is 0 Å². The first kappa shape index (κ1) is 22.9. The highest BCUT2D eigenvalue weighted by Gasteiger charge is 2.24. The van der Waals surface area contributed by atoms with E-state index in [1.807, 2.05) is 12.1 Å². The minimum atomic E-state index is -0.393. The average molecular weight is 485 g/mol. The predicted molar refractivity (Wildman–Crippen MR) is 131 cm³/mol. The Kier molecular flexibility index (Phi) is 7.01. The number of piperazine rings is 1. The molecule has 1 N–H and O–H groups in total. The number of carbonyl (C=O) groups is 1. The molecule has 1 heterocycles. The quantitative estimate of drug-likeness (QED) is 0.370. The fourth-order valence-corrected chi connectivity index (χ4v) is 4.11. The van der Waals surface area contributed by atoms with E-state index in [4.69, 9.17) is 23.2 Å². The largest absolute Gasteiger partial charge is 0.375 e. The Morgan fingerprint density at radius 1 is 0.939 bits per heavy atom. The van der Waals surface area contributed by atoms with Crippen LogP contribution in [0.15, 0.2) is 66.7 Å². The third-order valence-electron chi connectivity index (χ3n) is 5.58. The number of nitro benzene ring substituents is 1. The number of amides is 1. The van der Waals surface area contributed by atoms with Crippen molar-refractivity contribution in [1.82, 2.24) is 4.90 Å². The van der Waals surface area contributed by atoms with Gasteiger partial charge in [-0.25, -0.2) is 0 Å². The predicted octanol–water partition coefficient (Wildman–Crippen LogP) is 5.48. The van der Waals surface area contributed by atoms with Crippen LogP contribution < -0.4 is 10.2 Å². The van der Waals surface area contributed by atoms with Crippen LogP contribution in [0, 0.1) is 10.1 Å². The minimum absolute atomic E-state index is 0.0162. The molecule has 0 radical (unpaired) electrons. The molecule has 170 valence electrons. The molecule has 0 spiro atoms. The van der Waals surface area contributed by atoms with Gasteiger partial charge in [-0.2, -0.15) is 0 Å². The Morgan fingerprint density at radius 3 is 2.33 bits per heavy atom. The van der Waals surface area contributed by atoms with Gasteiger partial charge in [0.1, 0.15) is 5.69 Å². The van der Waals surface area contributed by atoms with Crippen LogP contribution in [-0.2, 0) is 6.54 Å². The second kappa shape index (κ2) is 10.1. The second-order valence-corrected chi connectivity index (χ2v) is 8.60. The normalized spacial score (nSPS) is 13.6. The second-order valence-electron chi connectivity index (χ2n) is 7.73. The Hall–Kier alpha value is -3.29. The molecule has 33 heavy (non-hydrogen) atoms. The van der Waals surface area contributed by atoms with Crippen molar-refractivity contribution < 1.29 is 9.72 Å². The molecule has 0 aliphatic carbocycles. The zero-order valence-corrected chi connectivity index (χ0v) is 19.2. The Labute approximate surface area is 201 Å². The van der Waals surface area contributed by atoms with E-state index in [0.717, 1.165) is 11.3 Å². The summed E-state index contributed by atoms with van der Waals surface area (Å²) in [4.78, 5) is 27.8. The van der Waals surface area contributed by atoms with Gasteiger partial charge in [0.2, 0.25) is 0 Å². The monoisotopic (exact) mass is 484 g/mol. The molecular weight excluding hydrogens is 463 g/mol. The maximum atomic E-state index is 12.8. The lowest BCUT2D eigenvalue weighted by Crippen LogP contribution is -2.48. The molecule has 9 heteroatoms. The Bertz CT molecular complexity index is 1160. The first-order valence-corrected chi connectivity index (χ1v) is 11.2. The minimum Gasteiger partial charge on any atom is -0.375 e. The lowest BCUT2D eigenvalue weighted by atomic mass is 10.1. The van der Waals surface area contributed by atoms with Crippen LogP contribution >= 0.6 is 23.2 Å². The van der Waals surface area contributed by atoms with Gasteiger partial charge in [0.25, 0.3) is 11.6 Å². The van der Waals surface area contributed by atoms with E-state index in [-0.39, 0.29) is 11.6 Å². The number of nitrogens with zero attached hydrogens (tertiary/aromatic N) is 3. The van der Waals surface area contributed by atoms with E-state index in [9.17, 15) is 14.9 Å². The van der Waals surface area contributed by atoms with Gasteiger partial charge in [0, 0.05) is 60.1 Å². The molecule has 1 saturated heterocycles. The number of nitrogens with one attached hydrogen (secondary N) is 1. The van der Waals surface area contributed by atoms with Crippen molar-refractivity contribution in [1.29, 1.82) is 0 Å². The molecule has 1 aliphatic rings. The lowest BCUT2D eigenvalue weighted by Gasteiger charge is -2.36. The van der Waals surface area contributed by atoms with Crippen molar-refractivity contribution in [2.24, 2.45) is 0 Å². The van der Waals surface area contributed by atoms with Crippen LogP contribution in [0.3, 0.4) is 0 Å². The summed E-state index contributed by atoms with van der Waals surface area (Å²) in [6.07, 6.45) is 0. The summed E-state index contributed by atoms with van der Waals surface area (Å²) in [5.41, 5.74) is 2.87. The molecule has 0 unspecified atom stereocenters. The molecule has 3 aromatic carbocycles. The first-order chi connectivity index (χ1) is 15.9. The van der Waals surface area contributed by atoms with Gasteiger partial charge in [-0.1, -0.05) is 41.4 Å². The summed E-state index contributed by atoms with van der Waals surface area (Å²) in [6, 6.07) is 19.3. The first-order valence-electron chi connectivity index (χ1n) is 10.5. The zero-order chi connectivity index (χ0) is 23.4. The van der Waals surface area contributed by atoms with Gasteiger partial charge in [-0.15, -0.1) is 0 Å². The summed E-state index contributed by atoms with van der Waals surface area (Å²) < 4.78 is 0. The van der Waals surface area contributed by atoms with E-state index in [0.29, 0.717) is 54.0 Å². The standard InChI is InChI=1S/C24H22Cl2N4O3/c25-19-6-4-17(5-7-19)16-27-22-15-21(8-9-23(22)30(32)33)28-10-12-29(13-11-28)24(31)18-2-1-3-20(26)14-18/h1-9,14-15,27H,10-13,16H2. The number of rotatable bonds is 6. The summed E-state index contributed by atoms with van der Waals surface area (Å²) in [7, 11) is 0. The van der Waals surface area contributed by atoms with Gasteiger partial charge < -0.3 is 15.1 Å². The SMILES string of the molecule is O=C(c1cccc(Cl)c1)N1CCN(c2ccc([N+](=O)[O-])c(NCc3ccc(Cl)cc3)c2)CC1. The third-order valence-corrected chi connectivity index (χ3v) is 6.06. The summed E-state index contributed by atoms with van der Waals surface area (Å²) >= 11 is 11.9. The molecule has 0 saturated carbocycles. The van der Waals surface area contributed by atoms with Crippen molar-refractivity contribution in [3.8, 4) is 0 Å². The molecule has 1 amide bonds. The third kappa shape index (κ3) is 5.56. The van der Waals surface area contributed by atoms with Crippen molar-refractivity contribution in [2.45, 2.75) is 6.54 Å². The molecule has 0 atom stereocenters. The summed E-state index contributed by atoms with van der Waals surface area (Å²) in [5, 5.41) is 15.9. The van der Waals surface area contributed by atoms with Crippen LogP contribution in [0.2, 0.25) is 10.0 Å². The van der Waals surface area contributed by atoms with Gasteiger partial charge in [-0.05, 0) is 48.0 Å². The highest BCUT2D eigenvalue weighted by Crippen LogP contribution is 2.31. The number of hydrogen-bond acceptors (Lipinski definition) is 5. The number of nitro groups is 1. The van der Waals surface area contributed by atoms with Crippen LogP contribution in [-0.4, -0.2) is 41.9 Å². The van der Waals surface area contributed by atoms with Crippen molar-refractivity contribution >= 4 is 46.2 Å².